The Morgan fingerprint density at radius 3 is 2.64 bits per heavy atom. The van der Waals surface area contributed by atoms with Crippen LogP contribution in [0.15, 0.2) is 42.5 Å². The van der Waals surface area contributed by atoms with E-state index in [-0.39, 0.29) is 36.4 Å². The van der Waals surface area contributed by atoms with Crippen molar-refractivity contribution in [2.75, 3.05) is 33.1 Å². The molecule has 2 aromatic rings. The van der Waals surface area contributed by atoms with Crippen LogP contribution in [0.2, 0.25) is 0 Å². The molecule has 1 unspecified atom stereocenters. The maximum atomic E-state index is 13.1. The van der Waals surface area contributed by atoms with Crippen molar-refractivity contribution in [2.45, 2.75) is 38.1 Å². The first-order valence-electron chi connectivity index (χ1n) is 11.6. The quantitative estimate of drug-likeness (QED) is 0.732. The number of nitrogens with zero attached hydrogens (tertiary/aromatic N) is 1. The second kappa shape index (κ2) is 9.06. The van der Waals surface area contributed by atoms with Crippen molar-refractivity contribution in [3.8, 4) is 11.5 Å². The normalized spacial score (nSPS) is 21.3. The Hall–Kier alpha value is -3.06. The largest absolute Gasteiger partial charge is 0.454 e. The third kappa shape index (κ3) is 4.55. The van der Waals surface area contributed by atoms with E-state index in [0.29, 0.717) is 32.8 Å². The van der Waals surface area contributed by atoms with Gasteiger partial charge < -0.3 is 24.4 Å². The zero-order chi connectivity index (χ0) is 22.8. The molecule has 3 aliphatic rings. The topological polar surface area (TPSA) is 77.1 Å². The summed E-state index contributed by atoms with van der Waals surface area (Å²) in [5, 5.41) is 3.17. The van der Waals surface area contributed by atoms with Gasteiger partial charge in [-0.15, -0.1) is 0 Å². The Balaban J connectivity index is 1.24. The first-order chi connectivity index (χ1) is 16.0. The van der Waals surface area contributed by atoms with Crippen LogP contribution in [0, 0.1) is 12.8 Å². The van der Waals surface area contributed by atoms with Gasteiger partial charge in [-0.3, -0.25) is 9.59 Å². The molecule has 1 atom stereocenters. The maximum absolute atomic E-state index is 13.1. The summed E-state index contributed by atoms with van der Waals surface area (Å²) in [6.45, 7) is 5.09. The number of nitrogens with one attached hydrogen (secondary N) is 1. The smallest absolute Gasteiger partial charge is 0.231 e. The summed E-state index contributed by atoms with van der Waals surface area (Å²) in [4.78, 5) is 27.4. The van der Waals surface area contributed by atoms with Crippen molar-refractivity contribution in [1.29, 1.82) is 0 Å². The average molecular weight is 451 g/mol. The number of ether oxygens (including phenoxy) is 3. The second-order valence-corrected chi connectivity index (χ2v) is 9.34. The van der Waals surface area contributed by atoms with Crippen LogP contribution in [0.1, 0.15) is 36.0 Å². The van der Waals surface area contributed by atoms with E-state index in [1.807, 2.05) is 43.3 Å². The van der Waals surface area contributed by atoms with Gasteiger partial charge in [0.2, 0.25) is 18.6 Å². The van der Waals surface area contributed by atoms with Crippen LogP contribution in [0.5, 0.6) is 11.5 Å². The third-order valence-electron chi connectivity index (χ3n) is 7.12. The van der Waals surface area contributed by atoms with Crippen LogP contribution >= 0.6 is 0 Å². The van der Waals surface area contributed by atoms with E-state index in [4.69, 9.17) is 14.2 Å². The highest BCUT2D eigenvalue weighted by Gasteiger charge is 2.38. The van der Waals surface area contributed by atoms with E-state index >= 15 is 0 Å². The molecule has 33 heavy (non-hydrogen) atoms. The lowest BCUT2D eigenvalue weighted by Gasteiger charge is -2.38. The van der Waals surface area contributed by atoms with E-state index in [1.165, 1.54) is 5.56 Å². The third-order valence-corrected chi connectivity index (χ3v) is 7.12. The zero-order valence-electron chi connectivity index (χ0n) is 19.0. The number of rotatable bonds is 6. The Morgan fingerprint density at radius 2 is 1.85 bits per heavy atom. The van der Waals surface area contributed by atoms with Gasteiger partial charge in [0.25, 0.3) is 0 Å². The molecule has 7 nitrogen and oxygen atoms in total. The predicted octanol–water partition coefficient (Wildman–Crippen LogP) is 2.94. The molecule has 3 heterocycles. The van der Waals surface area contributed by atoms with E-state index in [9.17, 15) is 9.59 Å². The van der Waals surface area contributed by atoms with Gasteiger partial charge in [-0.25, -0.2) is 0 Å². The maximum Gasteiger partial charge on any atom is 0.231 e. The molecular weight excluding hydrogens is 420 g/mol. The van der Waals surface area contributed by atoms with Gasteiger partial charge in [0.05, 0.1) is 5.92 Å². The molecule has 3 aliphatic heterocycles. The van der Waals surface area contributed by atoms with Crippen LogP contribution < -0.4 is 14.8 Å². The van der Waals surface area contributed by atoms with Crippen molar-refractivity contribution in [3.05, 3.63) is 59.2 Å². The number of carbonyl (C=O) groups is 2. The van der Waals surface area contributed by atoms with E-state index < -0.39 is 0 Å². The Labute approximate surface area is 194 Å². The summed E-state index contributed by atoms with van der Waals surface area (Å²) in [5.74, 6) is 1.16. The summed E-state index contributed by atoms with van der Waals surface area (Å²) in [6, 6.07) is 14.2. The molecule has 2 saturated heterocycles. The van der Waals surface area contributed by atoms with Crippen molar-refractivity contribution in [3.63, 3.8) is 0 Å². The van der Waals surface area contributed by atoms with Crippen LogP contribution in [0.4, 0.5) is 0 Å². The molecular formula is C26H30N2O5. The standard InChI is InChI=1S/C26H30N2O5/c1-18-2-4-19(5-3-18)14-28-15-20(12-24(28)29)25(30)27-16-26(8-10-31-11-9-26)21-6-7-22-23(13-21)33-17-32-22/h2-7,13,20H,8-12,14-17H2,1H3,(H,27,30). The lowest BCUT2D eigenvalue weighted by atomic mass is 9.74. The Bertz CT molecular complexity index is 1030. The van der Waals surface area contributed by atoms with Gasteiger partial charge in [-0.1, -0.05) is 35.9 Å². The van der Waals surface area contributed by atoms with E-state index in [0.717, 1.165) is 35.5 Å². The summed E-state index contributed by atoms with van der Waals surface area (Å²) in [6.07, 6.45) is 1.89. The number of hydrogen-bond donors (Lipinski definition) is 1. The number of carbonyl (C=O) groups excluding carboxylic acids is 2. The van der Waals surface area contributed by atoms with Crippen LogP contribution in [-0.4, -0.2) is 49.8 Å². The minimum absolute atomic E-state index is 0.0345. The summed E-state index contributed by atoms with van der Waals surface area (Å²) in [7, 11) is 0. The van der Waals surface area contributed by atoms with Gasteiger partial charge in [-0.05, 0) is 43.0 Å². The van der Waals surface area contributed by atoms with Gasteiger partial charge in [0.1, 0.15) is 0 Å². The molecule has 2 aromatic carbocycles. The molecule has 7 heteroatoms. The number of likely N-dealkylation sites (tertiary alicyclic amines) is 1. The number of fused-ring (bicyclic) bond motifs is 1. The summed E-state index contributed by atoms with van der Waals surface area (Å²) in [5.41, 5.74) is 3.17. The van der Waals surface area contributed by atoms with E-state index in [1.54, 1.807) is 4.90 Å². The van der Waals surface area contributed by atoms with Crippen molar-refractivity contribution >= 4 is 11.8 Å². The molecule has 5 rings (SSSR count). The number of amides is 2. The highest BCUT2D eigenvalue weighted by Crippen LogP contribution is 2.40. The highest BCUT2D eigenvalue weighted by molar-refractivity contribution is 5.89. The van der Waals surface area contributed by atoms with Crippen LogP contribution in [-0.2, 0) is 26.3 Å². The molecule has 174 valence electrons. The number of benzene rings is 2. The first kappa shape index (κ1) is 21.8. The van der Waals surface area contributed by atoms with Crippen LogP contribution in [0.25, 0.3) is 0 Å². The predicted molar refractivity (Wildman–Crippen MR) is 122 cm³/mol. The molecule has 2 fully saturated rings. The fourth-order valence-corrected chi connectivity index (χ4v) is 4.97. The fourth-order valence-electron chi connectivity index (χ4n) is 4.97. The first-order valence-corrected chi connectivity index (χ1v) is 11.6. The molecule has 0 saturated carbocycles. The van der Waals surface area contributed by atoms with Gasteiger partial charge >= 0.3 is 0 Å². The van der Waals surface area contributed by atoms with Crippen LogP contribution in [0.3, 0.4) is 0 Å². The Kier molecular flexibility index (Phi) is 5.98. The highest BCUT2D eigenvalue weighted by atomic mass is 16.7. The minimum atomic E-state index is -0.323. The van der Waals surface area contributed by atoms with Gasteiger partial charge in [0, 0.05) is 44.7 Å². The fraction of sp³-hybridized carbons (Fsp3) is 0.462. The molecule has 1 N–H and O–H groups in total. The molecule has 0 aromatic heterocycles. The molecule has 0 bridgehead atoms. The van der Waals surface area contributed by atoms with E-state index in [2.05, 4.69) is 11.4 Å². The molecule has 0 spiro atoms. The second-order valence-electron chi connectivity index (χ2n) is 9.34. The summed E-state index contributed by atoms with van der Waals surface area (Å²) >= 11 is 0. The monoisotopic (exact) mass is 450 g/mol. The Morgan fingerprint density at radius 1 is 1.09 bits per heavy atom. The molecule has 2 amide bonds. The summed E-state index contributed by atoms with van der Waals surface area (Å²) < 4.78 is 16.6. The minimum Gasteiger partial charge on any atom is -0.454 e. The van der Waals surface area contributed by atoms with Crippen molar-refractivity contribution in [1.82, 2.24) is 10.2 Å². The number of aryl methyl sites for hydroxylation is 1. The zero-order valence-corrected chi connectivity index (χ0v) is 19.0. The lowest BCUT2D eigenvalue weighted by Crippen LogP contribution is -2.46. The lowest BCUT2D eigenvalue weighted by molar-refractivity contribution is -0.129. The average Bonchev–Trinajstić information content (AvgIpc) is 3.45. The molecule has 0 radical (unpaired) electrons. The SMILES string of the molecule is Cc1ccc(CN2CC(C(=O)NCC3(c4ccc5c(c4)OCO5)CCOCC3)CC2=O)cc1. The van der Waals surface area contributed by atoms with Gasteiger partial charge in [-0.2, -0.15) is 0 Å². The number of hydrogen-bond acceptors (Lipinski definition) is 5. The van der Waals surface area contributed by atoms with Gasteiger partial charge in [0.15, 0.2) is 11.5 Å². The molecule has 0 aliphatic carbocycles. The van der Waals surface area contributed by atoms with Crippen molar-refractivity contribution < 1.29 is 23.8 Å². The van der Waals surface area contributed by atoms with Crippen molar-refractivity contribution in [2.24, 2.45) is 5.92 Å².